The molecule has 1 aromatic rings. The number of nitrogens with two attached hydrogens (primary N) is 1. The summed E-state index contributed by atoms with van der Waals surface area (Å²) in [6.45, 7) is 5.30. The topological polar surface area (TPSA) is 89.3 Å². The molecule has 0 heterocycles. The van der Waals surface area contributed by atoms with Crippen LogP contribution in [0.3, 0.4) is 0 Å². The molecular weight excluding hydrogens is 252 g/mol. The number of carbonyl (C=O) groups excluding carboxylic acids is 1. The summed E-state index contributed by atoms with van der Waals surface area (Å²) in [6.07, 6.45) is 0. The number of carbonyl (C=O) groups is 1. The van der Waals surface area contributed by atoms with Gasteiger partial charge in [-0.25, -0.2) is 13.1 Å². The molecule has 0 atom stereocenters. The third kappa shape index (κ3) is 4.85. The average molecular weight is 270 g/mol. The van der Waals surface area contributed by atoms with Crippen molar-refractivity contribution in [3.63, 3.8) is 0 Å². The van der Waals surface area contributed by atoms with Gasteiger partial charge in [-0.2, -0.15) is 0 Å². The van der Waals surface area contributed by atoms with Crippen molar-refractivity contribution in [2.75, 3.05) is 0 Å². The fraction of sp³-hybridized carbons (Fsp3) is 0.417. The van der Waals surface area contributed by atoms with E-state index in [0.717, 1.165) is 0 Å². The zero-order valence-corrected chi connectivity index (χ0v) is 11.5. The van der Waals surface area contributed by atoms with E-state index in [-0.39, 0.29) is 5.75 Å². The standard InChI is InChI=1S/C12H18N2O3S/c1-12(2,3)14-18(16,17)8-9-5-4-6-10(7-9)11(13)15/h4-7,14H,8H2,1-3H3,(H2,13,15). The van der Waals surface area contributed by atoms with Crippen LogP contribution in [0.15, 0.2) is 24.3 Å². The van der Waals surface area contributed by atoms with Crippen LogP contribution in [0.2, 0.25) is 0 Å². The molecule has 1 rings (SSSR count). The molecule has 0 aromatic heterocycles. The van der Waals surface area contributed by atoms with Crippen LogP contribution in [-0.4, -0.2) is 19.9 Å². The Bertz CT molecular complexity index is 545. The number of hydrogen-bond donors (Lipinski definition) is 2. The molecule has 5 nitrogen and oxygen atoms in total. The van der Waals surface area contributed by atoms with Crippen molar-refractivity contribution >= 4 is 15.9 Å². The molecule has 0 bridgehead atoms. The molecule has 0 saturated heterocycles. The first kappa shape index (κ1) is 14.7. The van der Waals surface area contributed by atoms with E-state index in [1.807, 2.05) is 0 Å². The van der Waals surface area contributed by atoms with Crippen LogP contribution in [0.1, 0.15) is 36.7 Å². The Balaban J connectivity index is 2.91. The molecule has 0 aliphatic rings. The Morgan fingerprint density at radius 1 is 1.33 bits per heavy atom. The monoisotopic (exact) mass is 270 g/mol. The van der Waals surface area contributed by atoms with Gasteiger partial charge in [-0.3, -0.25) is 4.79 Å². The van der Waals surface area contributed by atoms with Gasteiger partial charge in [0.2, 0.25) is 15.9 Å². The summed E-state index contributed by atoms with van der Waals surface area (Å²) < 4.78 is 26.3. The van der Waals surface area contributed by atoms with Crippen LogP contribution < -0.4 is 10.5 Å². The Morgan fingerprint density at radius 3 is 2.44 bits per heavy atom. The number of benzene rings is 1. The van der Waals surface area contributed by atoms with Crippen LogP contribution in [-0.2, 0) is 15.8 Å². The summed E-state index contributed by atoms with van der Waals surface area (Å²) >= 11 is 0. The van der Waals surface area contributed by atoms with Crippen molar-refractivity contribution in [3.05, 3.63) is 35.4 Å². The molecule has 18 heavy (non-hydrogen) atoms. The van der Waals surface area contributed by atoms with Crippen LogP contribution >= 0.6 is 0 Å². The fourth-order valence-corrected chi connectivity index (χ4v) is 3.16. The number of rotatable bonds is 4. The third-order valence-electron chi connectivity index (χ3n) is 2.03. The lowest BCUT2D eigenvalue weighted by atomic mass is 10.1. The summed E-state index contributed by atoms with van der Waals surface area (Å²) in [5.74, 6) is -0.746. The number of sulfonamides is 1. The molecular formula is C12H18N2O3S. The summed E-state index contributed by atoms with van der Waals surface area (Å²) in [6, 6.07) is 6.30. The van der Waals surface area contributed by atoms with E-state index < -0.39 is 21.5 Å². The van der Waals surface area contributed by atoms with E-state index in [0.29, 0.717) is 11.1 Å². The first-order valence-corrected chi connectivity index (χ1v) is 7.15. The van der Waals surface area contributed by atoms with E-state index in [1.165, 1.54) is 6.07 Å². The van der Waals surface area contributed by atoms with Crippen molar-refractivity contribution in [3.8, 4) is 0 Å². The number of primary amides is 1. The van der Waals surface area contributed by atoms with E-state index in [2.05, 4.69) is 4.72 Å². The highest BCUT2D eigenvalue weighted by molar-refractivity contribution is 7.88. The molecule has 3 N–H and O–H groups in total. The first-order chi connectivity index (χ1) is 8.09. The van der Waals surface area contributed by atoms with Crippen molar-refractivity contribution in [1.82, 2.24) is 4.72 Å². The zero-order chi connectivity index (χ0) is 14.0. The van der Waals surface area contributed by atoms with Gasteiger partial charge < -0.3 is 5.73 Å². The Labute approximate surface area is 107 Å². The van der Waals surface area contributed by atoms with Gasteiger partial charge in [0.25, 0.3) is 0 Å². The van der Waals surface area contributed by atoms with Crippen LogP contribution in [0, 0.1) is 0 Å². The maximum Gasteiger partial charge on any atom is 0.248 e. The van der Waals surface area contributed by atoms with Gasteiger partial charge in [0.1, 0.15) is 0 Å². The number of amides is 1. The Kier molecular flexibility index (Phi) is 4.13. The average Bonchev–Trinajstić information content (AvgIpc) is 2.12. The summed E-state index contributed by atoms with van der Waals surface area (Å²) in [5.41, 5.74) is 5.45. The third-order valence-corrected chi connectivity index (χ3v) is 3.67. The summed E-state index contributed by atoms with van der Waals surface area (Å²) in [7, 11) is -3.44. The molecule has 0 spiro atoms. The molecule has 0 saturated carbocycles. The van der Waals surface area contributed by atoms with E-state index >= 15 is 0 Å². The minimum atomic E-state index is -3.44. The fourth-order valence-electron chi connectivity index (χ4n) is 1.54. The lowest BCUT2D eigenvalue weighted by Gasteiger charge is -2.20. The highest BCUT2D eigenvalue weighted by Gasteiger charge is 2.20. The molecule has 0 fully saturated rings. The highest BCUT2D eigenvalue weighted by atomic mass is 32.2. The van der Waals surface area contributed by atoms with E-state index in [1.54, 1.807) is 39.0 Å². The summed E-state index contributed by atoms with van der Waals surface area (Å²) in [4.78, 5) is 11.0. The molecule has 100 valence electrons. The molecule has 1 aromatic carbocycles. The van der Waals surface area contributed by atoms with Gasteiger partial charge in [-0.15, -0.1) is 0 Å². The predicted octanol–water partition coefficient (Wildman–Crippen LogP) is 1.00. The smallest absolute Gasteiger partial charge is 0.248 e. The molecule has 0 aliphatic carbocycles. The van der Waals surface area contributed by atoms with Gasteiger partial charge >= 0.3 is 0 Å². The maximum atomic E-state index is 11.9. The molecule has 0 unspecified atom stereocenters. The van der Waals surface area contributed by atoms with Crippen molar-refractivity contribution in [2.45, 2.75) is 32.1 Å². The normalized spacial score (nSPS) is 12.4. The van der Waals surface area contributed by atoms with Gasteiger partial charge in [-0.1, -0.05) is 12.1 Å². The molecule has 1 amide bonds. The first-order valence-electron chi connectivity index (χ1n) is 5.49. The van der Waals surface area contributed by atoms with Gasteiger partial charge in [0.05, 0.1) is 5.75 Å². The second kappa shape index (κ2) is 5.07. The molecule has 0 radical (unpaired) electrons. The Hall–Kier alpha value is -1.40. The largest absolute Gasteiger partial charge is 0.366 e. The van der Waals surface area contributed by atoms with Crippen LogP contribution in [0.4, 0.5) is 0 Å². The quantitative estimate of drug-likeness (QED) is 0.855. The second-order valence-electron chi connectivity index (χ2n) is 5.18. The second-order valence-corrected chi connectivity index (χ2v) is 6.90. The van der Waals surface area contributed by atoms with Crippen molar-refractivity contribution in [2.24, 2.45) is 5.73 Å². The minimum absolute atomic E-state index is 0.175. The predicted molar refractivity (Wildman–Crippen MR) is 70.5 cm³/mol. The highest BCUT2D eigenvalue weighted by Crippen LogP contribution is 2.11. The minimum Gasteiger partial charge on any atom is -0.366 e. The zero-order valence-electron chi connectivity index (χ0n) is 10.7. The molecule has 0 aliphatic heterocycles. The van der Waals surface area contributed by atoms with E-state index in [4.69, 9.17) is 5.73 Å². The van der Waals surface area contributed by atoms with Gasteiger partial charge in [0, 0.05) is 11.1 Å². The van der Waals surface area contributed by atoms with Crippen molar-refractivity contribution < 1.29 is 13.2 Å². The van der Waals surface area contributed by atoms with Crippen LogP contribution in [0.5, 0.6) is 0 Å². The lowest BCUT2D eigenvalue weighted by molar-refractivity contribution is 0.1000. The molecule has 6 heteroatoms. The van der Waals surface area contributed by atoms with Crippen LogP contribution in [0.25, 0.3) is 0 Å². The number of nitrogens with one attached hydrogen (secondary N) is 1. The SMILES string of the molecule is CC(C)(C)NS(=O)(=O)Cc1cccc(C(N)=O)c1. The lowest BCUT2D eigenvalue weighted by Crippen LogP contribution is -2.41. The van der Waals surface area contributed by atoms with Gasteiger partial charge in [0.15, 0.2) is 0 Å². The number of hydrogen-bond acceptors (Lipinski definition) is 3. The Morgan fingerprint density at radius 2 is 1.94 bits per heavy atom. The summed E-state index contributed by atoms with van der Waals surface area (Å²) in [5, 5.41) is 0. The van der Waals surface area contributed by atoms with Gasteiger partial charge in [-0.05, 0) is 38.5 Å². The van der Waals surface area contributed by atoms with Crippen molar-refractivity contribution in [1.29, 1.82) is 0 Å². The maximum absolute atomic E-state index is 11.9. The van der Waals surface area contributed by atoms with E-state index in [9.17, 15) is 13.2 Å².